The van der Waals surface area contributed by atoms with E-state index < -0.39 is 0 Å². The summed E-state index contributed by atoms with van der Waals surface area (Å²) in [5.74, 6) is -0.212. The minimum absolute atomic E-state index is 0.0102. The number of hydrogen-bond donors (Lipinski definition) is 2. The van der Waals surface area contributed by atoms with Crippen LogP contribution in [0.4, 0.5) is 11.4 Å². The van der Waals surface area contributed by atoms with Gasteiger partial charge < -0.3 is 10.6 Å². The molecule has 1 unspecified atom stereocenters. The van der Waals surface area contributed by atoms with Crippen LogP contribution >= 0.6 is 0 Å². The summed E-state index contributed by atoms with van der Waals surface area (Å²) in [4.78, 5) is 23.9. The van der Waals surface area contributed by atoms with E-state index in [1.807, 2.05) is 44.2 Å². The molecule has 2 aromatic rings. The highest BCUT2D eigenvalue weighted by molar-refractivity contribution is 6.04. The van der Waals surface area contributed by atoms with Crippen molar-refractivity contribution in [3.63, 3.8) is 0 Å². The fourth-order valence-electron chi connectivity index (χ4n) is 1.88. The number of hydrogen-bond acceptors (Lipinski definition) is 2. The van der Waals surface area contributed by atoms with E-state index in [4.69, 9.17) is 0 Å². The number of anilines is 2. The van der Waals surface area contributed by atoms with Crippen molar-refractivity contribution in [2.45, 2.75) is 20.3 Å². The first-order chi connectivity index (χ1) is 10.6. The molecule has 0 radical (unpaired) electrons. The normalized spacial score (nSPS) is 11.5. The molecular weight excluding hydrogens is 276 g/mol. The largest absolute Gasteiger partial charge is 0.326 e. The maximum Gasteiger partial charge on any atom is 0.255 e. The van der Waals surface area contributed by atoms with Crippen LogP contribution in [0.3, 0.4) is 0 Å². The highest BCUT2D eigenvalue weighted by atomic mass is 16.2. The smallest absolute Gasteiger partial charge is 0.255 e. The summed E-state index contributed by atoms with van der Waals surface area (Å²) in [6.45, 7) is 3.86. The molecule has 22 heavy (non-hydrogen) atoms. The van der Waals surface area contributed by atoms with Crippen molar-refractivity contribution in [3.05, 3.63) is 60.2 Å². The first kappa shape index (κ1) is 15.8. The molecule has 0 bridgehead atoms. The van der Waals surface area contributed by atoms with Gasteiger partial charge in [0.1, 0.15) is 0 Å². The van der Waals surface area contributed by atoms with Gasteiger partial charge in [0, 0.05) is 22.9 Å². The van der Waals surface area contributed by atoms with E-state index in [1.54, 1.807) is 24.3 Å². The lowest BCUT2D eigenvalue weighted by Crippen LogP contribution is -2.19. The van der Waals surface area contributed by atoms with Crippen molar-refractivity contribution in [2.24, 2.45) is 5.92 Å². The lowest BCUT2D eigenvalue weighted by atomic mass is 10.1. The van der Waals surface area contributed by atoms with Crippen LogP contribution in [0.25, 0.3) is 0 Å². The Balaban J connectivity index is 1.99. The molecule has 0 aromatic heterocycles. The molecule has 0 saturated carbocycles. The van der Waals surface area contributed by atoms with Gasteiger partial charge in [-0.05, 0) is 42.8 Å². The molecule has 2 aromatic carbocycles. The molecule has 2 amide bonds. The molecule has 1 atom stereocenters. The average Bonchev–Trinajstić information content (AvgIpc) is 2.55. The van der Waals surface area contributed by atoms with Crippen molar-refractivity contribution in [1.29, 1.82) is 0 Å². The Kier molecular flexibility index (Phi) is 5.31. The molecule has 0 fully saturated rings. The third-order valence-electron chi connectivity index (χ3n) is 3.51. The minimum Gasteiger partial charge on any atom is -0.326 e. The molecule has 2 rings (SSSR count). The molecule has 0 aliphatic heterocycles. The Hall–Kier alpha value is -2.62. The van der Waals surface area contributed by atoms with Gasteiger partial charge in [-0.1, -0.05) is 32.0 Å². The molecular formula is C18H20N2O2. The van der Waals surface area contributed by atoms with Crippen LogP contribution < -0.4 is 10.6 Å². The number of para-hydroxylation sites is 1. The first-order valence-corrected chi connectivity index (χ1v) is 7.37. The van der Waals surface area contributed by atoms with E-state index >= 15 is 0 Å². The van der Waals surface area contributed by atoms with Gasteiger partial charge in [-0.15, -0.1) is 0 Å². The van der Waals surface area contributed by atoms with Gasteiger partial charge in [0.05, 0.1) is 0 Å². The second-order valence-corrected chi connectivity index (χ2v) is 5.20. The second-order valence-electron chi connectivity index (χ2n) is 5.20. The first-order valence-electron chi connectivity index (χ1n) is 7.37. The zero-order valence-electron chi connectivity index (χ0n) is 12.8. The molecule has 4 nitrogen and oxygen atoms in total. The van der Waals surface area contributed by atoms with E-state index in [-0.39, 0.29) is 17.7 Å². The van der Waals surface area contributed by atoms with Crippen molar-refractivity contribution in [2.75, 3.05) is 10.6 Å². The van der Waals surface area contributed by atoms with E-state index in [2.05, 4.69) is 10.6 Å². The fraction of sp³-hybridized carbons (Fsp3) is 0.222. The molecule has 0 aliphatic rings. The van der Waals surface area contributed by atoms with Gasteiger partial charge in [-0.3, -0.25) is 9.59 Å². The predicted molar refractivity (Wildman–Crippen MR) is 88.9 cm³/mol. The monoisotopic (exact) mass is 296 g/mol. The summed E-state index contributed by atoms with van der Waals surface area (Å²) in [6, 6.07) is 16.2. The summed E-state index contributed by atoms with van der Waals surface area (Å²) < 4.78 is 0. The minimum atomic E-state index is -0.175. The summed E-state index contributed by atoms with van der Waals surface area (Å²) >= 11 is 0. The molecule has 0 aliphatic carbocycles. The van der Waals surface area contributed by atoms with Crippen molar-refractivity contribution >= 4 is 23.2 Å². The second kappa shape index (κ2) is 7.41. The summed E-state index contributed by atoms with van der Waals surface area (Å²) in [5.41, 5.74) is 1.99. The van der Waals surface area contributed by atoms with E-state index in [0.717, 1.165) is 12.1 Å². The third-order valence-corrected chi connectivity index (χ3v) is 3.51. The molecule has 0 saturated heterocycles. The van der Waals surface area contributed by atoms with Crippen molar-refractivity contribution < 1.29 is 9.59 Å². The van der Waals surface area contributed by atoms with Crippen LogP contribution in [0.2, 0.25) is 0 Å². The van der Waals surface area contributed by atoms with Gasteiger partial charge >= 0.3 is 0 Å². The zero-order chi connectivity index (χ0) is 15.9. The number of amides is 2. The van der Waals surface area contributed by atoms with Crippen LogP contribution in [0.5, 0.6) is 0 Å². The number of carbonyl (C=O) groups excluding carboxylic acids is 2. The number of nitrogens with one attached hydrogen (secondary N) is 2. The van der Waals surface area contributed by atoms with E-state index in [1.165, 1.54) is 0 Å². The van der Waals surface area contributed by atoms with E-state index in [0.29, 0.717) is 11.3 Å². The maximum absolute atomic E-state index is 12.1. The Morgan fingerprint density at radius 2 is 1.50 bits per heavy atom. The Labute approximate surface area is 130 Å². The molecule has 2 N–H and O–H groups in total. The lowest BCUT2D eigenvalue weighted by Gasteiger charge is -2.10. The van der Waals surface area contributed by atoms with Crippen molar-refractivity contribution in [3.8, 4) is 0 Å². The quantitative estimate of drug-likeness (QED) is 0.878. The highest BCUT2D eigenvalue weighted by Crippen LogP contribution is 2.14. The van der Waals surface area contributed by atoms with Gasteiger partial charge in [0.2, 0.25) is 5.91 Å². The Morgan fingerprint density at radius 3 is 2.09 bits per heavy atom. The zero-order valence-corrected chi connectivity index (χ0v) is 12.8. The summed E-state index contributed by atoms with van der Waals surface area (Å²) in [5, 5.41) is 5.66. The number of carbonyl (C=O) groups is 2. The van der Waals surface area contributed by atoms with Crippen LogP contribution in [-0.2, 0) is 4.79 Å². The average molecular weight is 296 g/mol. The van der Waals surface area contributed by atoms with Crippen LogP contribution in [0.15, 0.2) is 54.6 Å². The van der Waals surface area contributed by atoms with Crippen LogP contribution in [0.1, 0.15) is 30.6 Å². The highest BCUT2D eigenvalue weighted by Gasteiger charge is 2.11. The Morgan fingerprint density at radius 1 is 0.909 bits per heavy atom. The van der Waals surface area contributed by atoms with Gasteiger partial charge in [0.25, 0.3) is 5.91 Å². The maximum atomic E-state index is 12.1. The molecule has 0 spiro atoms. The molecule has 0 heterocycles. The standard InChI is InChI=1S/C18H20N2O2/c1-3-13(2)17(21)19-16-11-9-14(10-12-16)18(22)20-15-7-5-4-6-8-15/h4-13H,3H2,1-2H3,(H,19,21)(H,20,22). The molecule has 4 heteroatoms. The van der Waals surface area contributed by atoms with E-state index in [9.17, 15) is 9.59 Å². The fourth-order valence-corrected chi connectivity index (χ4v) is 1.88. The van der Waals surface area contributed by atoms with Crippen LogP contribution in [-0.4, -0.2) is 11.8 Å². The van der Waals surface area contributed by atoms with Gasteiger partial charge in [-0.25, -0.2) is 0 Å². The van der Waals surface area contributed by atoms with Gasteiger partial charge in [0.15, 0.2) is 0 Å². The third kappa shape index (κ3) is 4.19. The summed E-state index contributed by atoms with van der Waals surface area (Å²) in [6.07, 6.45) is 0.795. The topological polar surface area (TPSA) is 58.2 Å². The number of benzene rings is 2. The predicted octanol–water partition coefficient (Wildman–Crippen LogP) is 3.92. The van der Waals surface area contributed by atoms with Crippen molar-refractivity contribution in [1.82, 2.24) is 0 Å². The van der Waals surface area contributed by atoms with Crippen LogP contribution in [0, 0.1) is 5.92 Å². The summed E-state index contributed by atoms with van der Waals surface area (Å²) in [7, 11) is 0. The number of rotatable bonds is 5. The SMILES string of the molecule is CCC(C)C(=O)Nc1ccc(C(=O)Nc2ccccc2)cc1. The lowest BCUT2D eigenvalue weighted by molar-refractivity contribution is -0.119. The van der Waals surface area contributed by atoms with Gasteiger partial charge in [-0.2, -0.15) is 0 Å². The Bertz CT molecular complexity index is 636. The molecule has 114 valence electrons.